The van der Waals surface area contributed by atoms with E-state index in [2.05, 4.69) is 0 Å². The van der Waals surface area contributed by atoms with E-state index in [1.165, 1.54) is 19.3 Å². The molecule has 1 aliphatic carbocycles. The summed E-state index contributed by atoms with van der Waals surface area (Å²) in [6.07, 6.45) is 8.77. The van der Waals surface area contributed by atoms with E-state index < -0.39 is 0 Å². The average molecular weight is 227 g/mol. The number of nitrogens with zero attached hydrogens (tertiary/aromatic N) is 1. The van der Waals surface area contributed by atoms with Crippen molar-refractivity contribution in [3.63, 3.8) is 0 Å². The van der Waals surface area contributed by atoms with Crippen molar-refractivity contribution in [2.45, 2.75) is 51.4 Å². The van der Waals surface area contributed by atoms with Gasteiger partial charge in [-0.05, 0) is 32.1 Å². The number of aliphatic hydroxyl groups is 1. The van der Waals surface area contributed by atoms with Crippen molar-refractivity contribution < 1.29 is 9.90 Å². The largest absolute Gasteiger partial charge is 0.396 e. The average Bonchev–Trinajstić information content (AvgIpc) is 2.34. The maximum atomic E-state index is 12.0. The molecule has 16 heavy (non-hydrogen) atoms. The highest BCUT2D eigenvalue weighted by Gasteiger charge is 2.23. The highest BCUT2D eigenvalue weighted by Crippen LogP contribution is 2.25. The minimum atomic E-state index is 0.264. The fourth-order valence-electron chi connectivity index (χ4n) is 2.41. The fourth-order valence-corrected chi connectivity index (χ4v) is 2.41. The molecule has 0 aliphatic heterocycles. The van der Waals surface area contributed by atoms with Gasteiger partial charge in [0.25, 0.3) is 0 Å². The molecule has 0 radical (unpaired) electrons. The lowest BCUT2D eigenvalue weighted by Gasteiger charge is -2.26. The maximum absolute atomic E-state index is 12.0. The quantitative estimate of drug-likeness (QED) is 0.707. The molecule has 1 N–H and O–H groups in total. The van der Waals surface area contributed by atoms with Crippen LogP contribution in [0, 0.1) is 5.92 Å². The van der Waals surface area contributed by atoms with Gasteiger partial charge in [-0.15, -0.1) is 0 Å². The van der Waals surface area contributed by atoms with Crippen LogP contribution in [0.25, 0.3) is 0 Å². The molecule has 0 aromatic heterocycles. The number of carbonyl (C=O) groups excluding carboxylic acids is 1. The molecular formula is C13H25NO2. The second-order valence-electron chi connectivity index (χ2n) is 4.88. The number of hydrogen-bond donors (Lipinski definition) is 1. The predicted octanol–water partition coefficient (Wildman–Crippen LogP) is 2.19. The number of amides is 1. The molecule has 0 unspecified atom stereocenters. The van der Waals surface area contributed by atoms with Gasteiger partial charge in [-0.25, -0.2) is 0 Å². The summed E-state index contributed by atoms with van der Waals surface area (Å²) in [4.78, 5) is 13.9. The van der Waals surface area contributed by atoms with Crippen molar-refractivity contribution in [2.24, 2.45) is 5.92 Å². The summed E-state index contributed by atoms with van der Waals surface area (Å²) >= 11 is 0. The van der Waals surface area contributed by atoms with Gasteiger partial charge in [0.05, 0.1) is 0 Å². The molecule has 0 aromatic carbocycles. The number of rotatable bonds is 6. The zero-order valence-electron chi connectivity index (χ0n) is 10.5. The Morgan fingerprint density at radius 1 is 1.19 bits per heavy atom. The van der Waals surface area contributed by atoms with Crippen LogP contribution in [0.4, 0.5) is 0 Å². The molecule has 1 aliphatic rings. The third kappa shape index (κ3) is 4.52. The number of carbonyl (C=O) groups is 1. The van der Waals surface area contributed by atoms with Crippen molar-refractivity contribution >= 4 is 5.91 Å². The van der Waals surface area contributed by atoms with Crippen LogP contribution in [0.3, 0.4) is 0 Å². The van der Waals surface area contributed by atoms with Crippen LogP contribution in [0.15, 0.2) is 0 Å². The summed E-state index contributed by atoms with van der Waals surface area (Å²) < 4.78 is 0. The van der Waals surface area contributed by atoms with Gasteiger partial charge in [0.15, 0.2) is 0 Å². The Labute approximate surface area is 98.8 Å². The topological polar surface area (TPSA) is 40.5 Å². The van der Waals surface area contributed by atoms with E-state index >= 15 is 0 Å². The van der Waals surface area contributed by atoms with E-state index in [9.17, 15) is 4.79 Å². The summed E-state index contributed by atoms with van der Waals surface area (Å²) in [6.45, 7) is 1.11. The molecule has 94 valence electrons. The Bertz CT molecular complexity index is 200. The molecule has 1 amide bonds. The number of hydrogen-bond acceptors (Lipinski definition) is 2. The highest BCUT2D eigenvalue weighted by molar-refractivity contribution is 5.78. The van der Waals surface area contributed by atoms with Crippen LogP contribution < -0.4 is 0 Å². The fraction of sp³-hybridized carbons (Fsp3) is 0.923. The predicted molar refractivity (Wildman–Crippen MR) is 65.1 cm³/mol. The number of aliphatic hydroxyl groups excluding tert-OH is 1. The zero-order chi connectivity index (χ0) is 11.8. The Balaban J connectivity index is 2.18. The second kappa shape index (κ2) is 7.66. The lowest BCUT2D eigenvalue weighted by Crippen LogP contribution is -2.34. The standard InChI is InChI=1S/C13H25NO2/c1-14(10-6-3-7-11-15)13(16)12-8-4-2-5-9-12/h12,15H,2-11H2,1H3. The minimum Gasteiger partial charge on any atom is -0.396 e. The van der Waals surface area contributed by atoms with Crippen LogP contribution in [0.5, 0.6) is 0 Å². The first kappa shape index (κ1) is 13.5. The molecule has 1 saturated carbocycles. The van der Waals surface area contributed by atoms with E-state index in [1.54, 1.807) is 0 Å². The summed E-state index contributed by atoms with van der Waals surface area (Å²) in [5, 5.41) is 8.66. The van der Waals surface area contributed by atoms with Crippen molar-refractivity contribution in [3.8, 4) is 0 Å². The molecule has 0 saturated heterocycles. The van der Waals surface area contributed by atoms with E-state index in [4.69, 9.17) is 5.11 Å². The molecule has 1 rings (SSSR count). The van der Waals surface area contributed by atoms with Gasteiger partial charge in [-0.3, -0.25) is 4.79 Å². The minimum absolute atomic E-state index is 0.264. The second-order valence-corrected chi connectivity index (χ2v) is 4.88. The van der Waals surface area contributed by atoms with Gasteiger partial charge in [0, 0.05) is 26.1 Å². The summed E-state index contributed by atoms with van der Waals surface area (Å²) in [5.41, 5.74) is 0. The lowest BCUT2D eigenvalue weighted by molar-refractivity contribution is -0.135. The first-order valence-corrected chi connectivity index (χ1v) is 6.61. The van der Waals surface area contributed by atoms with Gasteiger partial charge in [0.2, 0.25) is 5.91 Å². The van der Waals surface area contributed by atoms with Crippen molar-refractivity contribution in [3.05, 3.63) is 0 Å². The van der Waals surface area contributed by atoms with Gasteiger partial charge in [-0.2, -0.15) is 0 Å². The SMILES string of the molecule is CN(CCCCCO)C(=O)C1CCCCC1. The molecule has 3 heteroatoms. The van der Waals surface area contributed by atoms with Crippen molar-refractivity contribution in [2.75, 3.05) is 20.2 Å². The van der Waals surface area contributed by atoms with Crippen LogP contribution in [0.1, 0.15) is 51.4 Å². The molecule has 0 aromatic rings. The molecule has 0 spiro atoms. The third-order valence-corrected chi connectivity index (χ3v) is 3.48. The zero-order valence-corrected chi connectivity index (χ0v) is 10.5. The van der Waals surface area contributed by atoms with Gasteiger partial charge < -0.3 is 10.0 Å². The van der Waals surface area contributed by atoms with Crippen molar-refractivity contribution in [1.82, 2.24) is 4.90 Å². The summed E-state index contributed by atoms with van der Waals surface area (Å²) in [6, 6.07) is 0. The Kier molecular flexibility index (Phi) is 6.46. The molecular weight excluding hydrogens is 202 g/mol. The van der Waals surface area contributed by atoms with Gasteiger partial charge >= 0.3 is 0 Å². The molecule has 0 bridgehead atoms. The van der Waals surface area contributed by atoms with Gasteiger partial charge in [-0.1, -0.05) is 19.3 Å². The van der Waals surface area contributed by atoms with Crippen LogP contribution in [0.2, 0.25) is 0 Å². The van der Waals surface area contributed by atoms with E-state index in [0.29, 0.717) is 5.91 Å². The van der Waals surface area contributed by atoms with Crippen LogP contribution >= 0.6 is 0 Å². The first-order chi connectivity index (χ1) is 7.75. The molecule has 0 heterocycles. The van der Waals surface area contributed by atoms with E-state index in [-0.39, 0.29) is 12.5 Å². The summed E-state index contributed by atoms with van der Waals surface area (Å²) in [7, 11) is 1.91. The Morgan fingerprint density at radius 2 is 1.88 bits per heavy atom. The first-order valence-electron chi connectivity index (χ1n) is 6.61. The van der Waals surface area contributed by atoms with Crippen molar-refractivity contribution in [1.29, 1.82) is 0 Å². The smallest absolute Gasteiger partial charge is 0.225 e. The third-order valence-electron chi connectivity index (χ3n) is 3.48. The molecule has 1 fully saturated rings. The Hall–Kier alpha value is -0.570. The van der Waals surface area contributed by atoms with E-state index in [0.717, 1.165) is 38.6 Å². The molecule has 3 nitrogen and oxygen atoms in total. The lowest BCUT2D eigenvalue weighted by atomic mass is 9.88. The Morgan fingerprint density at radius 3 is 2.50 bits per heavy atom. The van der Waals surface area contributed by atoms with Crippen LogP contribution in [-0.4, -0.2) is 36.1 Å². The number of unbranched alkanes of at least 4 members (excludes halogenated alkanes) is 2. The monoisotopic (exact) mass is 227 g/mol. The molecule has 0 atom stereocenters. The van der Waals surface area contributed by atoms with Gasteiger partial charge in [0.1, 0.15) is 0 Å². The maximum Gasteiger partial charge on any atom is 0.225 e. The highest BCUT2D eigenvalue weighted by atomic mass is 16.2. The van der Waals surface area contributed by atoms with E-state index in [1.807, 2.05) is 11.9 Å². The normalized spacial score (nSPS) is 17.4. The van der Waals surface area contributed by atoms with Crippen LogP contribution in [-0.2, 0) is 4.79 Å². The summed E-state index contributed by atoms with van der Waals surface area (Å²) in [5.74, 6) is 0.625.